The molecule has 1 aliphatic rings. The molecule has 1 saturated carbocycles. The minimum Gasteiger partial charge on any atom is -0.493 e. The highest BCUT2D eigenvalue weighted by Crippen LogP contribution is 2.39. The fraction of sp³-hybridized carbons (Fsp3) is 0.364. The molecule has 0 atom stereocenters. The molecule has 0 aliphatic heterocycles. The molecule has 2 rings (SSSR count). The number of hydrogen-bond donors (Lipinski definition) is 0. The first kappa shape index (κ1) is 10.3. The molecule has 1 aromatic rings. The molecule has 0 aromatic heterocycles. The number of aldehydes is 1. The van der Waals surface area contributed by atoms with E-state index in [2.05, 4.69) is 0 Å². The predicted molar refractivity (Wildman–Crippen MR) is 57.0 cm³/mol. The first-order chi connectivity index (χ1) is 7.24. The predicted octanol–water partition coefficient (Wildman–Crippen LogP) is 2.70. The van der Waals surface area contributed by atoms with Gasteiger partial charge in [-0.25, -0.2) is 0 Å². The normalized spacial score (nSPS) is 14.8. The number of halogens is 1. The van der Waals surface area contributed by atoms with Crippen LogP contribution < -0.4 is 9.47 Å². The van der Waals surface area contributed by atoms with Gasteiger partial charge in [-0.3, -0.25) is 4.79 Å². The monoisotopic (exact) mass is 226 g/mol. The quantitative estimate of drug-likeness (QED) is 0.741. The number of carbonyl (C=O) groups excluding carboxylic acids is 1. The van der Waals surface area contributed by atoms with Crippen LogP contribution in [0.3, 0.4) is 0 Å². The second-order valence-electron chi connectivity index (χ2n) is 3.47. The lowest BCUT2D eigenvalue weighted by Gasteiger charge is -2.12. The van der Waals surface area contributed by atoms with Gasteiger partial charge in [0.1, 0.15) is 6.29 Å². The van der Waals surface area contributed by atoms with Gasteiger partial charge in [0.05, 0.1) is 18.2 Å². The topological polar surface area (TPSA) is 35.5 Å². The van der Waals surface area contributed by atoms with Gasteiger partial charge >= 0.3 is 0 Å². The van der Waals surface area contributed by atoms with E-state index in [9.17, 15) is 4.79 Å². The zero-order chi connectivity index (χ0) is 10.8. The molecular formula is C11H11ClO3. The Kier molecular flexibility index (Phi) is 2.82. The van der Waals surface area contributed by atoms with Gasteiger partial charge in [-0.05, 0) is 25.0 Å². The lowest BCUT2D eigenvalue weighted by molar-refractivity contribution is 0.112. The Morgan fingerprint density at radius 2 is 2.20 bits per heavy atom. The summed E-state index contributed by atoms with van der Waals surface area (Å²) in [5, 5.41) is 0.420. The second-order valence-corrected chi connectivity index (χ2v) is 3.88. The van der Waals surface area contributed by atoms with Gasteiger partial charge in [-0.15, -0.1) is 0 Å². The summed E-state index contributed by atoms with van der Waals surface area (Å²) in [5.41, 5.74) is 0.486. The zero-order valence-corrected chi connectivity index (χ0v) is 9.08. The Morgan fingerprint density at radius 3 is 2.73 bits per heavy atom. The highest BCUT2D eigenvalue weighted by Gasteiger charge is 2.26. The highest BCUT2D eigenvalue weighted by atomic mass is 35.5. The standard InChI is InChI=1S/C11H11ClO3/c1-14-10-5-7(6-13)4-9(12)11(10)15-8-2-3-8/h4-6,8H,2-3H2,1H3. The van der Waals surface area contributed by atoms with Crippen molar-refractivity contribution in [2.24, 2.45) is 0 Å². The number of ether oxygens (including phenoxy) is 2. The van der Waals surface area contributed by atoms with Crippen molar-refractivity contribution in [3.63, 3.8) is 0 Å². The van der Waals surface area contributed by atoms with Crippen LogP contribution in [-0.2, 0) is 0 Å². The Labute approximate surface area is 92.9 Å². The van der Waals surface area contributed by atoms with E-state index in [1.54, 1.807) is 12.1 Å². The van der Waals surface area contributed by atoms with E-state index in [4.69, 9.17) is 21.1 Å². The first-order valence-electron chi connectivity index (χ1n) is 4.74. The van der Waals surface area contributed by atoms with Crippen molar-refractivity contribution < 1.29 is 14.3 Å². The van der Waals surface area contributed by atoms with Crippen LogP contribution in [0.4, 0.5) is 0 Å². The van der Waals surface area contributed by atoms with E-state index >= 15 is 0 Å². The summed E-state index contributed by atoms with van der Waals surface area (Å²) in [6.07, 6.45) is 3.08. The van der Waals surface area contributed by atoms with E-state index in [-0.39, 0.29) is 6.10 Å². The molecule has 1 fully saturated rings. The molecule has 0 bridgehead atoms. The minimum atomic E-state index is 0.249. The molecular weight excluding hydrogens is 216 g/mol. The minimum absolute atomic E-state index is 0.249. The zero-order valence-electron chi connectivity index (χ0n) is 8.33. The van der Waals surface area contributed by atoms with Crippen LogP contribution in [0.25, 0.3) is 0 Å². The molecule has 4 heteroatoms. The van der Waals surface area contributed by atoms with E-state index < -0.39 is 0 Å². The maximum atomic E-state index is 10.6. The Balaban J connectivity index is 2.36. The maximum Gasteiger partial charge on any atom is 0.180 e. The number of hydrogen-bond acceptors (Lipinski definition) is 3. The summed E-state index contributed by atoms with van der Waals surface area (Å²) < 4.78 is 10.7. The van der Waals surface area contributed by atoms with Crippen molar-refractivity contribution in [3.8, 4) is 11.5 Å². The van der Waals surface area contributed by atoms with Crippen molar-refractivity contribution in [3.05, 3.63) is 22.7 Å². The summed E-state index contributed by atoms with van der Waals surface area (Å²) in [4.78, 5) is 10.6. The molecule has 0 radical (unpaired) electrons. The molecule has 0 spiro atoms. The summed E-state index contributed by atoms with van der Waals surface area (Å²) >= 11 is 6.00. The van der Waals surface area contributed by atoms with Crippen LogP contribution in [0.1, 0.15) is 23.2 Å². The largest absolute Gasteiger partial charge is 0.493 e. The van der Waals surface area contributed by atoms with Gasteiger partial charge in [0.2, 0.25) is 0 Å². The van der Waals surface area contributed by atoms with E-state index in [1.165, 1.54) is 7.11 Å². The summed E-state index contributed by atoms with van der Waals surface area (Å²) in [6.45, 7) is 0. The van der Waals surface area contributed by atoms with E-state index in [1.807, 2.05) is 0 Å². The highest BCUT2D eigenvalue weighted by molar-refractivity contribution is 6.32. The van der Waals surface area contributed by atoms with Crippen molar-refractivity contribution in [2.75, 3.05) is 7.11 Å². The summed E-state index contributed by atoms with van der Waals surface area (Å²) in [5.74, 6) is 1.05. The third-order valence-electron chi connectivity index (χ3n) is 2.20. The SMILES string of the molecule is COc1cc(C=O)cc(Cl)c1OC1CC1. The van der Waals surface area contributed by atoms with Gasteiger partial charge in [-0.1, -0.05) is 11.6 Å². The summed E-state index contributed by atoms with van der Waals surface area (Å²) in [6, 6.07) is 3.20. The molecule has 1 aromatic carbocycles. The molecule has 0 amide bonds. The molecule has 0 heterocycles. The second kappa shape index (κ2) is 4.11. The Morgan fingerprint density at radius 1 is 1.47 bits per heavy atom. The van der Waals surface area contributed by atoms with Crippen LogP contribution in [0.2, 0.25) is 5.02 Å². The van der Waals surface area contributed by atoms with Gasteiger partial charge in [0.15, 0.2) is 11.5 Å². The number of carbonyl (C=O) groups is 1. The summed E-state index contributed by atoms with van der Waals surface area (Å²) in [7, 11) is 1.53. The molecule has 0 N–H and O–H groups in total. The van der Waals surface area contributed by atoms with Crippen LogP contribution in [0, 0.1) is 0 Å². The smallest absolute Gasteiger partial charge is 0.180 e. The van der Waals surface area contributed by atoms with Crippen LogP contribution >= 0.6 is 11.6 Å². The fourth-order valence-electron chi connectivity index (χ4n) is 1.27. The fourth-order valence-corrected chi connectivity index (χ4v) is 1.54. The average molecular weight is 227 g/mol. The Bertz CT molecular complexity index is 386. The molecule has 1 aliphatic carbocycles. The molecule has 3 nitrogen and oxygen atoms in total. The van der Waals surface area contributed by atoms with Crippen molar-refractivity contribution in [1.29, 1.82) is 0 Å². The van der Waals surface area contributed by atoms with Gasteiger partial charge in [0.25, 0.3) is 0 Å². The Hall–Kier alpha value is -1.22. The van der Waals surface area contributed by atoms with Gasteiger partial charge in [-0.2, -0.15) is 0 Å². The maximum absolute atomic E-state index is 10.6. The van der Waals surface area contributed by atoms with Gasteiger partial charge < -0.3 is 9.47 Å². The van der Waals surface area contributed by atoms with Crippen LogP contribution in [0.15, 0.2) is 12.1 Å². The van der Waals surface area contributed by atoms with E-state index in [0.29, 0.717) is 22.1 Å². The third kappa shape index (κ3) is 2.23. The number of methoxy groups -OCH3 is 1. The molecule has 0 unspecified atom stereocenters. The lowest BCUT2D eigenvalue weighted by atomic mass is 10.2. The number of rotatable bonds is 4. The molecule has 80 valence electrons. The van der Waals surface area contributed by atoms with Crippen molar-refractivity contribution in [1.82, 2.24) is 0 Å². The first-order valence-corrected chi connectivity index (χ1v) is 5.11. The molecule has 0 saturated heterocycles. The van der Waals surface area contributed by atoms with Crippen molar-refractivity contribution >= 4 is 17.9 Å². The van der Waals surface area contributed by atoms with Crippen molar-refractivity contribution in [2.45, 2.75) is 18.9 Å². The van der Waals surface area contributed by atoms with Crippen LogP contribution in [0.5, 0.6) is 11.5 Å². The molecule has 15 heavy (non-hydrogen) atoms. The third-order valence-corrected chi connectivity index (χ3v) is 2.48. The van der Waals surface area contributed by atoms with E-state index in [0.717, 1.165) is 19.1 Å². The average Bonchev–Trinajstić information content (AvgIpc) is 3.04. The van der Waals surface area contributed by atoms with Crippen LogP contribution in [-0.4, -0.2) is 19.5 Å². The number of benzene rings is 1. The van der Waals surface area contributed by atoms with Gasteiger partial charge in [0, 0.05) is 5.56 Å². The lowest BCUT2D eigenvalue weighted by Crippen LogP contribution is -2.00.